The molecule has 35 heavy (non-hydrogen) atoms. The second-order valence-electron chi connectivity index (χ2n) is 9.15. The molecule has 1 saturated heterocycles. The number of methoxy groups -OCH3 is 1. The maximum absolute atomic E-state index is 13.4. The number of ether oxygens (including phenoxy) is 2. The lowest BCUT2D eigenvalue weighted by molar-refractivity contribution is 0.0252. The van der Waals surface area contributed by atoms with Crippen LogP contribution in [-0.4, -0.2) is 55.0 Å². The van der Waals surface area contributed by atoms with Crippen molar-refractivity contribution in [3.8, 4) is 5.75 Å². The number of hydrogen-bond acceptors (Lipinski definition) is 5. The van der Waals surface area contributed by atoms with Crippen molar-refractivity contribution in [2.75, 3.05) is 33.3 Å². The number of nitrogens with zero attached hydrogens (tertiary/aromatic N) is 2. The summed E-state index contributed by atoms with van der Waals surface area (Å²) < 4.78 is 10.9. The van der Waals surface area contributed by atoms with Gasteiger partial charge in [0.15, 0.2) is 0 Å². The summed E-state index contributed by atoms with van der Waals surface area (Å²) in [4.78, 5) is 30.3. The van der Waals surface area contributed by atoms with Crippen LogP contribution in [0.3, 0.4) is 0 Å². The minimum atomic E-state index is -0.331. The second kappa shape index (κ2) is 10.3. The SMILES string of the molecule is COc1ccc(CN2CCCN(C(=O)c3ccc4c(c3)CC(c3ccccc3)OC4=O)CC2)cc1. The number of cyclic esters (lactones) is 1. The molecule has 0 N–H and O–H groups in total. The van der Waals surface area contributed by atoms with Crippen molar-refractivity contribution in [2.24, 2.45) is 0 Å². The molecule has 5 rings (SSSR count). The Balaban J connectivity index is 1.25. The third-order valence-electron chi connectivity index (χ3n) is 6.84. The predicted octanol–water partition coefficient (Wildman–Crippen LogP) is 4.50. The van der Waals surface area contributed by atoms with Crippen LogP contribution >= 0.6 is 0 Å². The zero-order valence-corrected chi connectivity index (χ0v) is 20.0. The molecule has 1 fully saturated rings. The monoisotopic (exact) mass is 470 g/mol. The van der Waals surface area contributed by atoms with E-state index in [0.29, 0.717) is 24.1 Å². The Morgan fingerprint density at radius 2 is 1.77 bits per heavy atom. The summed E-state index contributed by atoms with van der Waals surface area (Å²) in [5.74, 6) is 0.548. The van der Waals surface area contributed by atoms with E-state index in [1.54, 1.807) is 19.2 Å². The molecule has 0 saturated carbocycles. The van der Waals surface area contributed by atoms with Crippen molar-refractivity contribution in [1.29, 1.82) is 0 Å². The Bertz CT molecular complexity index is 1190. The number of rotatable bonds is 5. The molecule has 2 aliphatic rings. The third-order valence-corrected chi connectivity index (χ3v) is 6.84. The van der Waals surface area contributed by atoms with E-state index in [9.17, 15) is 9.59 Å². The van der Waals surface area contributed by atoms with E-state index >= 15 is 0 Å². The molecule has 1 atom stereocenters. The van der Waals surface area contributed by atoms with Gasteiger partial charge in [0.1, 0.15) is 11.9 Å². The van der Waals surface area contributed by atoms with Gasteiger partial charge in [-0.2, -0.15) is 0 Å². The molecule has 0 bridgehead atoms. The van der Waals surface area contributed by atoms with Crippen LogP contribution < -0.4 is 4.74 Å². The molecular weight excluding hydrogens is 440 g/mol. The molecule has 3 aromatic carbocycles. The summed E-state index contributed by atoms with van der Waals surface area (Å²) in [6, 6.07) is 23.3. The van der Waals surface area contributed by atoms with Gasteiger partial charge in [-0.15, -0.1) is 0 Å². The fraction of sp³-hybridized carbons (Fsp3) is 0.310. The highest BCUT2D eigenvalue weighted by atomic mass is 16.5. The molecule has 0 spiro atoms. The van der Waals surface area contributed by atoms with Gasteiger partial charge in [0.25, 0.3) is 5.91 Å². The van der Waals surface area contributed by atoms with E-state index in [1.807, 2.05) is 53.4 Å². The van der Waals surface area contributed by atoms with Crippen LogP contribution in [0.25, 0.3) is 0 Å². The summed E-state index contributed by atoms with van der Waals surface area (Å²) in [6.45, 7) is 4.04. The first-order chi connectivity index (χ1) is 17.1. The van der Waals surface area contributed by atoms with Gasteiger partial charge in [0.2, 0.25) is 0 Å². The number of carbonyl (C=O) groups excluding carboxylic acids is 2. The Labute approximate surface area is 206 Å². The quantitative estimate of drug-likeness (QED) is 0.514. The first kappa shape index (κ1) is 23.1. The normalized spacial score (nSPS) is 18.4. The standard InChI is InChI=1S/C29H30N2O4/c1-34-25-11-8-21(9-12-25)20-30-14-5-15-31(17-16-30)28(32)23-10-13-26-24(18-23)19-27(35-29(26)33)22-6-3-2-4-7-22/h2-4,6-13,18,27H,5,14-17,19-20H2,1H3. The summed E-state index contributed by atoms with van der Waals surface area (Å²) in [5, 5.41) is 0. The average molecular weight is 471 g/mol. The number of benzene rings is 3. The van der Waals surface area contributed by atoms with Crippen LogP contribution in [0.5, 0.6) is 5.75 Å². The van der Waals surface area contributed by atoms with Gasteiger partial charge in [0, 0.05) is 44.7 Å². The van der Waals surface area contributed by atoms with Gasteiger partial charge in [-0.25, -0.2) is 4.79 Å². The Morgan fingerprint density at radius 3 is 2.54 bits per heavy atom. The molecule has 0 aliphatic carbocycles. The fourth-order valence-electron chi connectivity index (χ4n) is 4.89. The van der Waals surface area contributed by atoms with Crippen molar-refractivity contribution in [2.45, 2.75) is 25.5 Å². The fourth-order valence-corrected chi connectivity index (χ4v) is 4.89. The zero-order chi connectivity index (χ0) is 24.2. The lowest BCUT2D eigenvalue weighted by atomic mass is 9.93. The van der Waals surface area contributed by atoms with Gasteiger partial charge < -0.3 is 14.4 Å². The summed E-state index contributed by atoms with van der Waals surface area (Å²) in [7, 11) is 1.67. The molecule has 0 aromatic heterocycles. The predicted molar refractivity (Wildman–Crippen MR) is 134 cm³/mol. The van der Waals surface area contributed by atoms with Crippen LogP contribution in [-0.2, 0) is 17.7 Å². The Kier molecular flexibility index (Phi) is 6.82. The van der Waals surface area contributed by atoms with E-state index in [1.165, 1.54) is 5.56 Å². The highest BCUT2D eigenvalue weighted by molar-refractivity contribution is 5.97. The van der Waals surface area contributed by atoms with Crippen molar-refractivity contribution in [1.82, 2.24) is 9.80 Å². The van der Waals surface area contributed by atoms with E-state index in [-0.39, 0.29) is 18.0 Å². The lowest BCUT2D eigenvalue weighted by Crippen LogP contribution is -2.35. The highest BCUT2D eigenvalue weighted by Crippen LogP contribution is 2.31. The van der Waals surface area contributed by atoms with Gasteiger partial charge in [-0.1, -0.05) is 42.5 Å². The molecule has 1 amide bonds. The topological polar surface area (TPSA) is 59.1 Å². The van der Waals surface area contributed by atoms with Crippen molar-refractivity contribution in [3.05, 3.63) is 101 Å². The van der Waals surface area contributed by atoms with E-state index < -0.39 is 0 Å². The highest BCUT2D eigenvalue weighted by Gasteiger charge is 2.29. The minimum Gasteiger partial charge on any atom is -0.497 e. The largest absolute Gasteiger partial charge is 0.497 e. The number of carbonyl (C=O) groups is 2. The van der Waals surface area contributed by atoms with Gasteiger partial charge in [-0.3, -0.25) is 9.69 Å². The van der Waals surface area contributed by atoms with Gasteiger partial charge in [-0.05, 0) is 53.4 Å². The maximum atomic E-state index is 13.4. The second-order valence-corrected chi connectivity index (χ2v) is 9.15. The molecule has 0 radical (unpaired) electrons. The molecule has 6 nitrogen and oxygen atoms in total. The summed E-state index contributed by atoms with van der Waals surface area (Å²) >= 11 is 0. The van der Waals surface area contributed by atoms with E-state index in [0.717, 1.165) is 49.5 Å². The molecule has 1 unspecified atom stereocenters. The smallest absolute Gasteiger partial charge is 0.339 e. The number of hydrogen-bond donors (Lipinski definition) is 0. The summed E-state index contributed by atoms with van der Waals surface area (Å²) in [5.41, 5.74) is 4.26. The summed E-state index contributed by atoms with van der Waals surface area (Å²) in [6.07, 6.45) is 1.17. The molecule has 180 valence electrons. The first-order valence-electron chi connectivity index (χ1n) is 12.1. The molecule has 2 heterocycles. The third kappa shape index (κ3) is 5.23. The van der Waals surface area contributed by atoms with E-state index in [4.69, 9.17) is 9.47 Å². The van der Waals surface area contributed by atoms with Gasteiger partial charge in [0.05, 0.1) is 12.7 Å². The van der Waals surface area contributed by atoms with E-state index in [2.05, 4.69) is 17.0 Å². The van der Waals surface area contributed by atoms with Crippen LogP contribution in [0, 0.1) is 0 Å². The van der Waals surface area contributed by atoms with Crippen LogP contribution in [0.2, 0.25) is 0 Å². The maximum Gasteiger partial charge on any atom is 0.339 e. The Hall–Kier alpha value is -3.64. The average Bonchev–Trinajstić information content (AvgIpc) is 3.14. The molecule has 3 aromatic rings. The Morgan fingerprint density at radius 1 is 0.971 bits per heavy atom. The van der Waals surface area contributed by atoms with Crippen molar-refractivity contribution < 1.29 is 19.1 Å². The zero-order valence-electron chi connectivity index (χ0n) is 20.0. The molecular formula is C29H30N2O4. The number of esters is 1. The molecule has 2 aliphatic heterocycles. The first-order valence-corrected chi connectivity index (χ1v) is 12.1. The minimum absolute atomic E-state index is 0.0225. The van der Waals surface area contributed by atoms with Crippen molar-refractivity contribution >= 4 is 11.9 Å². The number of fused-ring (bicyclic) bond motifs is 1. The van der Waals surface area contributed by atoms with Crippen molar-refractivity contribution in [3.63, 3.8) is 0 Å². The number of amides is 1. The van der Waals surface area contributed by atoms with Crippen LogP contribution in [0.4, 0.5) is 0 Å². The lowest BCUT2D eigenvalue weighted by Gasteiger charge is -2.26. The van der Waals surface area contributed by atoms with Crippen LogP contribution in [0.1, 0.15) is 49.9 Å². The van der Waals surface area contributed by atoms with Crippen LogP contribution in [0.15, 0.2) is 72.8 Å². The van der Waals surface area contributed by atoms with Gasteiger partial charge >= 0.3 is 5.97 Å². The molecule has 6 heteroatoms.